The van der Waals surface area contributed by atoms with Crippen LogP contribution < -0.4 is 5.73 Å². The van der Waals surface area contributed by atoms with E-state index in [0.717, 1.165) is 21.7 Å². The fraction of sp³-hybridized carbons (Fsp3) is 0. The van der Waals surface area contributed by atoms with Gasteiger partial charge in [0.25, 0.3) is 0 Å². The van der Waals surface area contributed by atoms with E-state index in [1.807, 2.05) is 17.5 Å². The Hall–Kier alpha value is -1.34. The molecule has 2 aromatic heterocycles. The molecule has 0 amide bonds. The van der Waals surface area contributed by atoms with Crippen LogP contribution in [0.15, 0.2) is 41.8 Å². The number of hydrogen-bond donors (Lipinski definition) is 2. The zero-order chi connectivity index (χ0) is 12.5. The molecular formula is C13H10IN3S. The quantitative estimate of drug-likeness (QED) is 0.673. The summed E-state index contributed by atoms with van der Waals surface area (Å²) in [6.45, 7) is 0. The third-order valence-electron chi connectivity index (χ3n) is 2.68. The first kappa shape index (κ1) is 11.7. The van der Waals surface area contributed by atoms with E-state index in [0.29, 0.717) is 5.82 Å². The molecule has 0 aliphatic rings. The molecule has 0 saturated heterocycles. The van der Waals surface area contributed by atoms with E-state index in [9.17, 15) is 0 Å². The Labute approximate surface area is 122 Å². The third-order valence-corrected chi connectivity index (χ3v) is 4.23. The number of H-pyrrole nitrogens is 1. The number of rotatable bonds is 2. The molecule has 0 bridgehead atoms. The minimum absolute atomic E-state index is 0.548. The van der Waals surface area contributed by atoms with Crippen molar-refractivity contribution in [2.24, 2.45) is 0 Å². The summed E-state index contributed by atoms with van der Waals surface area (Å²) in [6.07, 6.45) is 0. The standard InChI is InChI=1S/C13H10IN3S/c14-9-4-1-3-8(7-9)12-11(13(15)17-16-12)10-5-2-6-18-10/h1-7H,(H3,15,16,17). The summed E-state index contributed by atoms with van der Waals surface area (Å²) < 4.78 is 1.19. The minimum atomic E-state index is 0.548. The van der Waals surface area contributed by atoms with Crippen molar-refractivity contribution in [2.75, 3.05) is 5.73 Å². The summed E-state index contributed by atoms with van der Waals surface area (Å²) in [5, 5.41) is 9.21. The van der Waals surface area contributed by atoms with Gasteiger partial charge in [-0.2, -0.15) is 5.10 Å². The number of nitrogens with zero attached hydrogens (tertiary/aromatic N) is 1. The molecule has 1 aromatic carbocycles. The van der Waals surface area contributed by atoms with Crippen LogP contribution in [0.1, 0.15) is 0 Å². The Morgan fingerprint density at radius 2 is 2.11 bits per heavy atom. The molecule has 5 heteroatoms. The third kappa shape index (κ3) is 2.04. The van der Waals surface area contributed by atoms with Crippen molar-refractivity contribution < 1.29 is 0 Å². The molecule has 90 valence electrons. The van der Waals surface area contributed by atoms with Gasteiger partial charge < -0.3 is 5.73 Å². The molecule has 3 nitrogen and oxygen atoms in total. The number of thiophene rings is 1. The highest BCUT2D eigenvalue weighted by Crippen LogP contribution is 2.37. The predicted molar refractivity (Wildman–Crippen MR) is 84.5 cm³/mol. The van der Waals surface area contributed by atoms with Gasteiger partial charge in [-0.25, -0.2) is 0 Å². The van der Waals surface area contributed by atoms with Gasteiger partial charge in [0, 0.05) is 14.0 Å². The monoisotopic (exact) mass is 367 g/mol. The van der Waals surface area contributed by atoms with Crippen LogP contribution in [0.3, 0.4) is 0 Å². The van der Waals surface area contributed by atoms with Gasteiger partial charge in [0.2, 0.25) is 0 Å². The largest absolute Gasteiger partial charge is 0.382 e. The summed E-state index contributed by atoms with van der Waals surface area (Å²) in [5.41, 5.74) is 9.05. The van der Waals surface area contributed by atoms with Crippen LogP contribution in [0.25, 0.3) is 21.7 Å². The Morgan fingerprint density at radius 1 is 1.22 bits per heavy atom. The van der Waals surface area contributed by atoms with E-state index >= 15 is 0 Å². The van der Waals surface area contributed by atoms with Crippen LogP contribution in [0, 0.1) is 3.57 Å². The maximum atomic E-state index is 5.97. The van der Waals surface area contributed by atoms with Gasteiger partial charge in [0.1, 0.15) is 0 Å². The van der Waals surface area contributed by atoms with Gasteiger partial charge >= 0.3 is 0 Å². The lowest BCUT2D eigenvalue weighted by molar-refractivity contribution is 1.10. The second-order valence-corrected chi connectivity index (χ2v) is 6.04. The van der Waals surface area contributed by atoms with Crippen LogP contribution in [0.5, 0.6) is 0 Å². The second kappa shape index (κ2) is 4.74. The number of nitrogen functional groups attached to an aromatic ring is 1. The molecule has 18 heavy (non-hydrogen) atoms. The molecule has 0 spiro atoms. The van der Waals surface area contributed by atoms with E-state index in [1.54, 1.807) is 11.3 Å². The van der Waals surface area contributed by atoms with Crippen LogP contribution >= 0.6 is 33.9 Å². The maximum absolute atomic E-state index is 5.97. The number of aromatic nitrogens is 2. The van der Waals surface area contributed by atoms with Crippen LogP contribution in [-0.4, -0.2) is 10.2 Å². The molecule has 0 radical (unpaired) electrons. The molecule has 0 aliphatic heterocycles. The molecule has 0 atom stereocenters. The van der Waals surface area contributed by atoms with E-state index in [4.69, 9.17) is 5.73 Å². The zero-order valence-corrected chi connectivity index (χ0v) is 12.3. The summed E-state index contributed by atoms with van der Waals surface area (Å²) in [6, 6.07) is 12.4. The van der Waals surface area contributed by atoms with Crippen molar-refractivity contribution in [3.05, 3.63) is 45.3 Å². The fourth-order valence-corrected chi connectivity index (χ4v) is 3.21. The highest BCUT2D eigenvalue weighted by atomic mass is 127. The van der Waals surface area contributed by atoms with Crippen molar-refractivity contribution in [3.63, 3.8) is 0 Å². The maximum Gasteiger partial charge on any atom is 0.154 e. The zero-order valence-electron chi connectivity index (χ0n) is 9.35. The summed E-state index contributed by atoms with van der Waals surface area (Å²) in [5.74, 6) is 0.548. The van der Waals surface area contributed by atoms with Gasteiger partial charge in [-0.1, -0.05) is 18.2 Å². The fourth-order valence-electron chi connectivity index (χ4n) is 1.88. The van der Waals surface area contributed by atoms with Crippen molar-refractivity contribution in [3.8, 4) is 21.7 Å². The number of anilines is 1. The summed E-state index contributed by atoms with van der Waals surface area (Å²) in [4.78, 5) is 1.13. The van der Waals surface area contributed by atoms with Gasteiger partial charge in [0.15, 0.2) is 5.82 Å². The average Bonchev–Trinajstić information content (AvgIpc) is 2.97. The van der Waals surface area contributed by atoms with Gasteiger partial charge in [-0.15, -0.1) is 11.3 Å². The normalized spacial score (nSPS) is 10.7. The van der Waals surface area contributed by atoms with Crippen LogP contribution in [0.4, 0.5) is 5.82 Å². The number of nitrogens with two attached hydrogens (primary N) is 1. The number of aromatic amines is 1. The first-order valence-electron chi connectivity index (χ1n) is 5.39. The van der Waals surface area contributed by atoms with Gasteiger partial charge in [-0.3, -0.25) is 5.10 Å². The molecule has 0 saturated carbocycles. The van der Waals surface area contributed by atoms with Crippen molar-refractivity contribution in [1.29, 1.82) is 0 Å². The van der Waals surface area contributed by atoms with E-state index in [-0.39, 0.29) is 0 Å². The first-order chi connectivity index (χ1) is 8.75. The molecule has 0 aliphatic carbocycles. The Morgan fingerprint density at radius 3 is 2.83 bits per heavy atom. The average molecular weight is 367 g/mol. The number of benzene rings is 1. The number of halogens is 1. The smallest absolute Gasteiger partial charge is 0.154 e. The lowest BCUT2D eigenvalue weighted by Crippen LogP contribution is -1.87. The van der Waals surface area contributed by atoms with E-state index in [1.165, 1.54) is 3.57 Å². The molecule has 3 N–H and O–H groups in total. The number of nitrogens with one attached hydrogen (secondary N) is 1. The number of hydrogen-bond acceptors (Lipinski definition) is 3. The summed E-state index contributed by atoms with van der Waals surface area (Å²) >= 11 is 3.97. The van der Waals surface area contributed by atoms with Crippen LogP contribution in [0.2, 0.25) is 0 Å². The topological polar surface area (TPSA) is 54.7 Å². The first-order valence-corrected chi connectivity index (χ1v) is 7.35. The predicted octanol–water partition coefficient (Wildman–Crippen LogP) is 3.99. The molecule has 2 heterocycles. The van der Waals surface area contributed by atoms with Gasteiger partial charge in [0.05, 0.1) is 11.3 Å². The van der Waals surface area contributed by atoms with Crippen LogP contribution in [-0.2, 0) is 0 Å². The lowest BCUT2D eigenvalue weighted by atomic mass is 10.1. The summed E-state index contributed by atoms with van der Waals surface area (Å²) in [7, 11) is 0. The highest BCUT2D eigenvalue weighted by Gasteiger charge is 2.15. The Kier molecular flexibility index (Phi) is 3.09. The minimum Gasteiger partial charge on any atom is -0.382 e. The molecule has 0 fully saturated rings. The van der Waals surface area contributed by atoms with E-state index in [2.05, 4.69) is 57.1 Å². The Balaban J connectivity index is 2.20. The van der Waals surface area contributed by atoms with Gasteiger partial charge in [-0.05, 0) is 46.2 Å². The molecular weight excluding hydrogens is 357 g/mol. The SMILES string of the molecule is Nc1n[nH]c(-c2cccc(I)c2)c1-c1cccs1. The van der Waals surface area contributed by atoms with Crippen molar-refractivity contribution in [2.45, 2.75) is 0 Å². The van der Waals surface area contributed by atoms with Crippen molar-refractivity contribution >= 4 is 39.7 Å². The van der Waals surface area contributed by atoms with E-state index < -0.39 is 0 Å². The van der Waals surface area contributed by atoms with Crippen molar-refractivity contribution in [1.82, 2.24) is 10.2 Å². The molecule has 0 unspecified atom stereocenters. The lowest BCUT2D eigenvalue weighted by Gasteiger charge is -2.03. The second-order valence-electron chi connectivity index (χ2n) is 3.85. The molecule has 3 rings (SSSR count). The molecule has 3 aromatic rings. The highest BCUT2D eigenvalue weighted by molar-refractivity contribution is 14.1. The Bertz CT molecular complexity index is 673.